The molecule has 1 aliphatic heterocycles. The van der Waals surface area contributed by atoms with Crippen LogP contribution < -0.4 is 5.32 Å². The lowest BCUT2D eigenvalue weighted by Gasteiger charge is -2.22. The molecule has 30 heavy (non-hydrogen) atoms. The highest BCUT2D eigenvalue weighted by Crippen LogP contribution is 2.29. The fourth-order valence-corrected chi connectivity index (χ4v) is 9.19. The predicted octanol–water partition coefficient (Wildman–Crippen LogP) is 2.48. The van der Waals surface area contributed by atoms with Crippen LogP contribution in [0.5, 0.6) is 0 Å². The van der Waals surface area contributed by atoms with Crippen molar-refractivity contribution in [3.8, 4) is 0 Å². The van der Waals surface area contributed by atoms with Crippen molar-refractivity contribution < 1.29 is 21.2 Å². The van der Waals surface area contributed by atoms with Crippen LogP contribution in [0.1, 0.15) is 29.5 Å². The molecule has 0 saturated carbocycles. The van der Waals surface area contributed by atoms with E-state index in [1.807, 2.05) is 6.07 Å². The molecule has 0 bridgehead atoms. The van der Waals surface area contributed by atoms with Gasteiger partial charge in [-0.05, 0) is 79.6 Å². The lowest BCUT2D eigenvalue weighted by Crippen LogP contribution is -2.44. The Morgan fingerprint density at radius 3 is 2.40 bits per heavy atom. The van der Waals surface area contributed by atoms with E-state index in [0.29, 0.717) is 13.0 Å². The maximum Gasteiger partial charge on any atom is 0.183 e. The van der Waals surface area contributed by atoms with Gasteiger partial charge in [-0.1, -0.05) is 18.2 Å². The molecule has 4 rings (SSSR count). The maximum absolute atomic E-state index is 13.3. The highest BCUT2D eigenvalue weighted by atomic mass is 32.2. The van der Waals surface area contributed by atoms with Gasteiger partial charge in [0.05, 0.1) is 21.7 Å². The zero-order valence-corrected chi connectivity index (χ0v) is 18.3. The molecule has 1 fully saturated rings. The second-order valence-electron chi connectivity index (χ2n) is 8.24. The summed E-state index contributed by atoms with van der Waals surface area (Å²) in [7, 11) is -7.23. The van der Waals surface area contributed by atoms with Crippen LogP contribution in [-0.2, 0) is 38.9 Å². The van der Waals surface area contributed by atoms with Crippen molar-refractivity contribution >= 4 is 19.7 Å². The molecule has 0 spiro atoms. The van der Waals surface area contributed by atoms with Gasteiger partial charge in [-0.2, -0.15) is 0 Å². The molecule has 0 unspecified atom stereocenters. The zero-order chi connectivity index (χ0) is 21.4. The minimum absolute atomic E-state index is 0.189. The number of rotatable bonds is 6. The van der Waals surface area contributed by atoms with E-state index >= 15 is 0 Å². The van der Waals surface area contributed by atoms with Crippen LogP contribution in [-0.4, -0.2) is 46.2 Å². The van der Waals surface area contributed by atoms with E-state index in [1.165, 1.54) is 17.7 Å². The molecular formula is C22H26FNO4S2. The number of halogens is 1. The lowest BCUT2D eigenvalue weighted by molar-refractivity contribution is 0.528. The minimum atomic E-state index is -3.78. The summed E-state index contributed by atoms with van der Waals surface area (Å²) < 4.78 is 64.3. The first-order valence-electron chi connectivity index (χ1n) is 10.3. The Morgan fingerprint density at radius 2 is 1.67 bits per heavy atom. The van der Waals surface area contributed by atoms with Crippen molar-refractivity contribution in [1.82, 2.24) is 5.32 Å². The minimum Gasteiger partial charge on any atom is -0.311 e. The molecule has 1 aliphatic carbocycles. The number of benzene rings is 2. The van der Waals surface area contributed by atoms with Gasteiger partial charge in [0.15, 0.2) is 19.7 Å². The van der Waals surface area contributed by atoms with E-state index in [2.05, 4.69) is 5.32 Å². The first kappa shape index (κ1) is 21.5. The molecule has 8 heteroatoms. The van der Waals surface area contributed by atoms with Gasteiger partial charge >= 0.3 is 0 Å². The first-order chi connectivity index (χ1) is 14.2. The zero-order valence-electron chi connectivity index (χ0n) is 16.7. The molecule has 2 atom stereocenters. The third-order valence-corrected chi connectivity index (χ3v) is 10.2. The molecule has 162 valence electrons. The van der Waals surface area contributed by atoms with Crippen molar-refractivity contribution in [1.29, 1.82) is 0 Å². The van der Waals surface area contributed by atoms with Crippen LogP contribution in [0.2, 0.25) is 0 Å². The Morgan fingerprint density at radius 1 is 0.967 bits per heavy atom. The maximum atomic E-state index is 13.3. The van der Waals surface area contributed by atoms with Crippen molar-refractivity contribution in [2.75, 3.05) is 18.1 Å². The van der Waals surface area contributed by atoms with Crippen LogP contribution >= 0.6 is 0 Å². The molecule has 0 radical (unpaired) electrons. The molecule has 2 aromatic carbocycles. The SMILES string of the molecule is O=S1(=O)C[C@H](NCCc2ccc(F)cc2)[C@@H](S(=O)(=O)c2ccc3c(c2)CCCC3)C1. The summed E-state index contributed by atoms with van der Waals surface area (Å²) in [5, 5.41) is 2.13. The molecule has 2 aromatic rings. The standard InChI is InChI=1S/C22H26FNO4S2/c23-19-8-5-16(6-9-19)11-12-24-21-14-29(25,26)15-22(21)30(27,28)20-10-7-17-3-1-2-4-18(17)13-20/h5-10,13,21-22,24H,1-4,11-12,14-15H2/t21-,22-/m0/s1. The Labute approximate surface area is 177 Å². The number of nitrogens with one attached hydrogen (secondary N) is 1. The van der Waals surface area contributed by atoms with Crippen LogP contribution in [0.25, 0.3) is 0 Å². The Balaban J connectivity index is 1.52. The van der Waals surface area contributed by atoms with Gasteiger partial charge in [-0.25, -0.2) is 21.2 Å². The van der Waals surface area contributed by atoms with E-state index < -0.39 is 31.0 Å². The van der Waals surface area contributed by atoms with Gasteiger partial charge in [-0.15, -0.1) is 0 Å². The Hall–Kier alpha value is -1.77. The van der Waals surface area contributed by atoms with E-state index in [-0.39, 0.29) is 22.2 Å². The van der Waals surface area contributed by atoms with Crippen LogP contribution in [0.3, 0.4) is 0 Å². The lowest BCUT2D eigenvalue weighted by atomic mass is 9.92. The molecule has 1 heterocycles. The van der Waals surface area contributed by atoms with Crippen LogP contribution in [0.15, 0.2) is 47.4 Å². The topological polar surface area (TPSA) is 80.3 Å². The quantitative estimate of drug-likeness (QED) is 0.730. The molecular weight excluding hydrogens is 425 g/mol. The summed E-state index contributed by atoms with van der Waals surface area (Å²) in [6.45, 7) is 0.419. The fraction of sp³-hybridized carbons (Fsp3) is 0.455. The third-order valence-electron chi connectivity index (χ3n) is 6.08. The summed E-state index contributed by atoms with van der Waals surface area (Å²) in [6.07, 6.45) is 4.53. The monoisotopic (exact) mass is 451 g/mol. The van der Waals surface area contributed by atoms with Crippen LogP contribution in [0.4, 0.5) is 4.39 Å². The van der Waals surface area contributed by atoms with Crippen molar-refractivity contribution in [3.63, 3.8) is 0 Å². The van der Waals surface area contributed by atoms with Gasteiger partial charge in [0.1, 0.15) is 5.82 Å². The van der Waals surface area contributed by atoms with E-state index in [0.717, 1.165) is 36.8 Å². The van der Waals surface area contributed by atoms with E-state index in [1.54, 1.807) is 24.3 Å². The van der Waals surface area contributed by atoms with Gasteiger partial charge in [0.2, 0.25) is 0 Å². The molecule has 2 aliphatic rings. The second-order valence-corrected chi connectivity index (χ2v) is 12.6. The number of sulfone groups is 2. The largest absolute Gasteiger partial charge is 0.311 e. The number of aryl methyl sites for hydroxylation is 2. The summed E-state index contributed by atoms with van der Waals surface area (Å²) in [6, 6.07) is 10.7. The molecule has 5 nitrogen and oxygen atoms in total. The normalized spacial score (nSPS) is 23.2. The van der Waals surface area contributed by atoms with Crippen molar-refractivity contribution in [2.45, 2.75) is 48.3 Å². The average molecular weight is 452 g/mol. The van der Waals surface area contributed by atoms with Gasteiger partial charge in [0, 0.05) is 6.04 Å². The fourth-order valence-electron chi connectivity index (χ4n) is 4.43. The van der Waals surface area contributed by atoms with E-state index in [9.17, 15) is 21.2 Å². The molecule has 0 amide bonds. The Kier molecular flexibility index (Phi) is 6.01. The van der Waals surface area contributed by atoms with Gasteiger partial charge in [-0.3, -0.25) is 0 Å². The van der Waals surface area contributed by atoms with Gasteiger partial charge in [0.25, 0.3) is 0 Å². The first-order valence-corrected chi connectivity index (χ1v) is 13.7. The summed E-state index contributed by atoms with van der Waals surface area (Å²) in [5.41, 5.74) is 3.15. The second kappa shape index (κ2) is 8.40. The third kappa shape index (κ3) is 4.60. The number of hydrogen-bond acceptors (Lipinski definition) is 5. The molecule has 1 saturated heterocycles. The van der Waals surface area contributed by atoms with Gasteiger partial charge < -0.3 is 5.32 Å². The van der Waals surface area contributed by atoms with E-state index in [4.69, 9.17) is 0 Å². The molecule has 0 aromatic heterocycles. The molecule has 1 N–H and O–H groups in total. The summed E-state index contributed by atoms with van der Waals surface area (Å²) in [4.78, 5) is 0.218. The van der Waals surface area contributed by atoms with Crippen molar-refractivity contribution in [2.24, 2.45) is 0 Å². The smallest absolute Gasteiger partial charge is 0.183 e. The highest BCUT2D eigenvalue weighted by Gasteiger charge is 2.45. The number of hydrogen-bond donors (Lipinski definition) is 1. The summed E-state index contributed by atoms with van der Waals surface area (Å²) in [5.74, 6) is -0.865. The van der Waals surface area contributed by atoms with Crippen molar-refractivity contribution in [3.05, 3.63) is 65.0 Å². The van der Waals surface area contributed by atoms with Crippen LogP contribution in [0, 0.1) is 5.82 Å². The average Bonchev–Trinajstić information content (AvgIpc) is 3.04. The number of fused-ring (bicyclic) bond motifs is 1. The highest BCUT2D eigenvalue weighted by molar-refractivity contribution is 7.96. The summed E-state index contributed by atoms with van der Waals surface area (Å²) >= 11 is 0. The Bertz CT molecular complexity index is 1130. The predicted molar refractivity (Wildman–Crippen MR) is 115 cm³/mol.